The molecule has 106 valence electrons. The number of hydrogen-bond acceptors (Lipinski definition) is 3. The summed E-state index contributed by atoms with van der Waals surface area (Å²) in [5.41, 5.74) is 0.313. The first-order chi connectivity index (χ1) is 8.45. The molecule has 1 aliphatic carbocycles. The summed E-state index contributed by atoms with van der Waals surface area (Å²) in [6.45, 7) is 11.8. The van der Waals surface area contributed by atoms with E-state index in [4.69, 9.17) is 4.74 Å². The zero-order chi connectivity index (χ0) is 13.3. The maximum Gasteiger partial charge on any atom is 0.0652 e. The van der Waals surface area contributed by atoms with Crippen molar-refractivity contribution in [3.8, 4) is 0 Å². The van der Waals surface area contributed by atoms with Crippen LogP contribution in [0.15, 0.2) is 0 Å². The van der Waals surface area contributed by atoms with E-state index < -0.39 is 0 Å². The molecule has 3 heteroatoms. The van der Waals surface area contributed by atoms with Gasteiger partial charge in [0.2, 0.25) is 0 Å². The summed E-state index contributed by atoms with van der Waals surface area (Å²) in [7, 11) is 1.85. The van der Waals surface area contributed by atoms with Crippen molar-refractivity contribution in [1.82, 2.24) is 10.2 Å². The fraction of sp³-hybridized carbons (Fsp3) is 1.00. The van der Waals surface area contributed by atoms with Crippen molar-refractivity contribution in [3.05, 3.63) is 0 Å². The third-order valence-corrected chi connectivity index (χ3v) is 5.12. The van der Waals surface area contributed by atoms with Crippen LogP contribution in [0.25, 0.3) is 0 Å². The standard InChI is InChI=1S/C15H30N2O/c1-11-6-8-17(9-7-12(2)16-11)13-10-14(18-5)15(13,3)4/h11-14,16H,6-10H2,1-5H3. The molecule has 0 bridgehead atoms. The van der Waals surface area contributed by atoms with E-state index in [0.717, 1.165) is 0 Å². The van der Waals surface area contributed by atoms with Gasteiger partial charge in [-0.3, -0.25) is 4.90 Å². The first-order valence-electron chi connectivity index (χ1n) is 7.48. The lowest BCUT2D eigenvalue weighted by Crippen LogP contribution is -2.63. The van der Waals surface area contributed by atoms with Gasteiger partial charge in [-0.15, -0.1) is 0 Å². The van der Waals surface area contributed by atoms with Crippen molar-refractivity contribution in [1.29, 1.82) is 0 Å². The molecule has 1 saturated heterocycles. The Kier molecular flexibility index (Phi) is 4.35. The second kappa shape index (κ2) is 5.48. The van der Waals surface area contributed by atoms with Gasteiger partial charge in [0.05, 0.1) is 6.10 Å². The van der Waals surface area contributed by atoms with Crippen LogP contribution in [-0.2, 0) is 4.74 Å². The molecule has 1 heterocycles. The van der Waals surface area contributed by atoms with Crippen molar-refractivity contribution < 1.29 is 4.74 Å². The van der Waals surface area contributed by atoms with Gasteiger partial charge in [0.15, 0.2) is 0 Å². The fourth-order valence-electron chi connectivity index (χ4n) is 3.68. The van der Waals surface area contributed by atoms with Crippen molar-refractivity contribution in [2.45, 2.75) is 71.2 Å². The number of ether oxygens (including phenoxy) is 1. The lowest BCUT2D eigenvalue weighted by Gasteiger charge is -2.56. The van der Waals surface area contributed by atoms with Crippen molar-refractivity contribution in [3.63, 3.8) is 0 Å². The molecule has 1 aliphatic heterocycles. The zero-order valence-corrected chi connectivity index (χ0v) is 12.7. The van der Waals surface area contributed by atoms with E-state index in [1.54, 1.807) is 0 Å². The lowest BCUT2D eigenvalue weighted by atomic mass is 9.63. The molecular weight excluding hydrogens is 224 g/mol. The Bertz CT molecular complexity index is 268. The predicted molar refractivity (Wildman–Crippen MR) is 75.8 cm³/mol. The minimum Gasteiger partial charge on any atom is -0.381 e. The summed E-state index contributed by atoms with van der Waals surface area (Å²) in [5, 5.41) is 3.67. The highest BCUT2D eigenvalue weighted by Gasteiger charge is 2.50. The number of hydrogen-bond donors (Lipinski definition) is 1. The van der Waals surface area contributed by atoms with Crippen molar-refractivity contribution in [2.75, 3.05) is 20.2 Å². The van der Waals surface area contributed by atoms with Crippen LogP contribution < -0.4 is 5.32 Å². The van der Waals surface area contributed by atoms with Crippen LogP contribution >= 0.6 is 0 Å². The molecule has 18 heavy (non-hydrogen) atoms. The molecule has 3 nitrogen and oxygen atoms in total. The van der Waals surface area contributed by atoms with Crippen LogP contribution in [-0.4, -0.2) is 49.3 Å². The summed E-state index contributed by atoms with van der Waals surface area (Å²) in [6.07, 6.45) is 4.17. The van der Waals surface area contributed by atoms with E-state index in [9.17, 15) is 0 Å². The smallest absolute Gasteiger partial charge is 0.0652 e. The normalized spacial score (nSPS) is 41.8. The number of methoxy groups -OCH3 is 1. The molecule has 0 aromatic carbocycles. The van der Waals surface area contributed by atoms with Gasteiger partial charge in [-0.25, -0.2) is 0 Å². The third-order valence-electron chi connectivity index (χ3n) is 5.12. The van der Waals surface area contributed by atoms with Crippen LogP contribution in [0.1, 0.15) is 47.0 Å². The van der Waals surface area contributed by atoms with Crippen LogP contribution in [0, 0.1) is 5.41 Å². The van der Waals surface area contributed by atoms with Gasteiger partial charge in [0.25, 0.3) is 0 Å². The molecule has 2 fully saturated rings. The van der Waals surface area contributed by atoms with Gasteiger partial charge in [-0.2, -0.15) is 0 Å². The van der Waals surface area contributed by atoms with Crippen molar-refractivity contribution in [2.24, 2.45) is 5.41 Å². The number of rotatable bonds is 2. The first kappa shape index (κ1) is 14.3. The molecule has 2 aliphatic rings. The molecular formula is C15H30N2O. The molecule has 4 atom stereocenters. The monoisotopic (exact) mass is 254 g/mol. The summed E-state index contributed by atoms with van der Waals surface area (Å²) in [4.78, 5) is 2.71. The lowest BCUT2D eigenvalue weighted by molar-refractivity contribution is -0.139. The maximum atomic E-state index is 5.58. The van der Waals surface area contributed by atoms with E-state index in [2.05, 4.69) is 37.9 Å². The second-order valence-corrected chi connectivity index (χ2v) is 6.88. The zero-order valence-electron chi connectivity index (χ0n) is 12.7. The van der Waals surface area contributed by atoms with Gasteiger partial charge in [-0.05, 0) is 46.2 Å². The second-order valence-electron chi connectivity index (χ2n) is 6.88. The summed E-state index contributed by atoms with van der Waals surface area (Å²) < 4.78 is 5.58. The molecule has 2 rings (SSSR count). The van der Waals surface area contributed by atoms with Gasteiger partial charge >= 0.3 is 0 Å². The van der Waals surface area contributed by atoms with Crippen LogP contribution in [0.4, 0.5) is 0 Å². The average molecular weight is 254 g/mol. The minimum absolute atomic E-state index is 0.313. The Morgan fingerprint density at radius 2 is 1.67 bits per heavy atom. The summed E-state index contributed by atoms with van der Waals surface area (Å²) in [5.74, 6) is 0. The minimum atomic E-state index is 0.313. The summed E-state index contributed by atoms with van der Waals surface area (Å²) in [6, 6.07) is 1.99. The fourth-order valence-corrected chi connectivity index (χ4v) is 3.68. The Balaban J connectivity index is 1.96. The predicted octanol–water partition coefficient (Wildman–Crippen LogP) is 2.26. The van der Waals surface area contributed by atoms with E-state index >= 15 is 0 Å². The largest absolute Gasteiger partial charge is 0.381 e. The van der Waals surface area contributed by atoms with E-state index in [1.165, 1.54) is 32.4 Å². The number of nitrogens with one attached hydrogen (secondary N) is 1. The molecule has 0 spiro atoms. The highest BCUT2D eigenvalue weighted by atomic mass is 16.5. The molecule has 1 N–H and O–H groups in total. The van der Waals surface area contributed by atoms with Crippen LogP contribution in [0.5, 0.6) is 0 Å². The Morgan fingerprint density at radius 1 is 1.11 bits per heavy atom. The van der Waals surface area contributed by atoms with Gasteiger partial charge in [0.1, 0.15) is 0 Å². The summed E-state index contributed by atoms with van der Waals surface area (Å²) >= 11 is 0. The average Bonchev–Trinajstić information content (AvgIpc) is 2.29. The van der Waals surface area contributed by atoms with Gasteiger partial charge in [-0.1, -0.05) is 13.8 Å². The number of nitrogens with zero attached hydrogens (tertiary/aromatic N) is 1. The maximum absolute atomic E-state index is 5.58. The van der Waals surface area contributed by atoms with Gasteiger partial charge in [0, 0.05) is 30.7 Å². The molecule has 4 unspecified atom stereocenters. The van der Waals surface area contributed by atoms with Crippen LogP contribution in [0.2, 0.25) is 0 Å². The molecule has 1 saturated carbocycles. The SMILES string of the molecule is COC1CC(N2CCC(C)NC(C)CC2)C1(C)C. The molecule has 0 amide bonds. The van der Waals surface area contributed by atoms with Crippen LogP contribution in [0.3, 0.4) is 0 Å². The topological polar surface area (TPSA) is 24.5 Å². The Hall–Kier alpha value is -0.120. The molecule has 0 radical (unpaired) electrons. The van der Waals surface area contributed by atoms with E-state index in [0.29, 0.717) is 29.6 Å². The highest BCUT2D eigenvalue weighted by molar-refractivity contribution is 5.04. The van der Waals surface area contributed by atoms with Crippen molar-refractivity contribution >= 4 is 0 Å². The van der Waals surface area contributed by atoms with Gasteiger partial charge < -0.3 is 10.1 Å². The quantitative estimate of drug-likeness (QED) is 0.818. The third kappa shape index (κ3) is 2.73. The molecule has 0 aromatic heterocycles. The highest BCUT2D eigenvalue weighted by Crippen LogP contribution is 2.45. The Labute approximate surface area is 112 Å². The first-order valence-corrected chi connectivity index (χ1v) is 7.48. The Morgan fingerprint density at radius 3 is 2.11 bits per heavy atom. The van der Waals surface area contributed by atoms with E-state index in [1.807, 2.05) is 7.11 Å². The van der Waals surface area contributed by atoms with E-state index in [-0.39, 0.29) is 0 Å². The molecule has 0 aromatic rings.